The zero-order chi connectivity index (χ0) is 10.4. The molecule has 0 amide bonds. The first-order valence-corrected chi connectivity index (χ1v) is 4.33. The fourth-order valence-corrected chi connectivity index (χ4v) is 0.988. The van der Waals surface area contributed by atoms with Crippen LogP contribution in [-0.2, 0) is 4.84 Å². The smallest absolute Gasteiger partial charge is 0.357 e. The molecule has 0 heterocycles. The molecule has 74 valence electrons. The predicted molar refractivity (Wildman–Crippen MR) is 54.7 cm³/mol. The van der Waals surface area contributed by atoms with Crippen LogP contribution in [0.3, 0.4) is 0 Å². The number of hydrogen-bond acceptors (Lipinski definition) is 3. The van der Waals surface area contributed by atoms with Crippen molar-refractivity contribution in [3.8, 4) is 0 Å². The predicted octanol–water partition coefficient (Wildman–Crippen LogP) is 1.88. The van der Waals surface area contributed by atoms with Crippen molar-refractivity contribution in [2.45, 2.75) is 0 Å². The third-order valence-corrected chi connectivity index (χ3v) is 1.63. The van der Waals surface area contributed by atoms with Gasteiger partial charge in [0.25, 0.3) is 0 Å². The maximum absolute atomic E-state index is 11.4. The molecule has 0 spiro atoms. The van der Waals surface area contributed by atoms with Crippen LogP contribution in [-0.4, -0.2) is 24.6 Å². The second-order valence-corrected chi connectivity index (χ2v) is 2.84. The Labute approximate surface area is 83.6 Å². The molecule has 0 bridgehead atoms. The van der Waals surface area contributed by atoms with Gasteiger partial charge in [-0.2, -0.15) is 0 Å². The van der Waals surface area contributed by atoms with E-state index in [1.165, 1.54) is 5.06 Å². The molecule has 0 atom stereocenters. The van der Waals surface area contributed by atoms with E-state index < -0.39 is 0 Å². The number of hydrogen-bond donors (Lipinski definition) is 0. The van der Waals surface area contributed by atoms with E-state index >= 15 is 0 Å². The van der Waals surface area contributed by atoms with E-state index in [0.717, 1.165) is 0 Å². The van der Waals surface area contributed by atoms with Crippen LogP contribution in [0.2, 0.25) is 0 Å². The van der Waals surface area contributed by atoms with Gasteiger partial charge in [0.2, 0.25) is 0 Å². The second kappa shape index (κ2) is 5.19. The molecule has 1 rings (SSSR count). The van der Waals surface area contributed by atoms with E-state index in [1.54, 1.807) is 37.4 Å². The quantitative estimate of drug-likeness (QED) is 0.537. The summed E-state index contributed by atoms with van der Waals surface area (Å²) in [5.74, 6) is -0.352. The van der Waals surface area contributed by atoms with Crippen LogP contribution in [0.25, 0.3) is 0 Å². The Morgan fingerprint density at radius 1 is 1.50 bits per heavy atom. The second-order valence-electron chi connectivity index (χ2n) is 2.84. The van der Waals surface area contributed by atoms with Crippen molar-refractivity contribution >= 4 is 5.97 Å². The molecule has 0 aliphatic rings. The van der Waals surface area contributed by atoms with Crippen LogP contribution in [0, 0.1) is 0 Å². The highest BCUT2D eigenvalue weighted by Gasteiger charge is 2.08. The molecule has 3 nitrogen and oxygen atoms in total. The van der Waals surface area contributed by atoms with Crippen molar-refractivity contribution in [1.82, 2.24) is 5.06 Å². The maximum atomic E-state index is 11.4. The first-order valence-electron chi connectivity index (χ1n) is 4.33. The van der Waals surface area contributed by atoms with Gasteiger partial charge < -0.3 is 4.84 Å². The van der Waals surface area contributed by atoms with Crippen LogP contribution in [0.1, 0.15) is 10.4 Å². The van der Waals surface area contributed by atoms with Gasteiger partial charge in [0.05, 0.1) is 12.1 Å². The van der Waals surface area contributed by atoms with E-state index in [9.17, 15) is 4.79 Å². The van der Waals surface area contributed by atoms with E-state index in [-0.39, 0.29) is 5.97 Å². The number of likely N-dealkylation sites (N-methyl/N-ethyl adjacent to an activating group) is 1. The fraction of sp³-hybridized carbons (Fsp3) is 0.182. The molecule has 0 unspecified atom stereocenters. The van der Waals surface area contributed by atoms with E-state index in [4.69, 9.17) is 4.84 Å². The van der Waals surface area contributed by atoms with Crippen LogP contribution < -0.4 is 0 Å². The SMILES string of the molecule is C=CCN(C)OC(=O)c1ccccc1. The summed E-state index contributed by atoms with van der Waals surface area (Å²) in [6.07, 6.45) is 1.66. The molecule has 0 saturated heterocycles. The molecule has 1 aromatic rings. The van der Waals surface area contributed by atoms with Crippen LogP contribution in [0.5, 0.6) is 0 Å². The maximum Gasteiger partial charge on any atom is 0.357 e. The number of hydroxylamine groups is 2. The van der Waals surface area contributed by atoms with Crippen LogP contribution in [0.15, 0.2) is 43.0 Å². The summed E-state index contributed by atoms with van der Waals surface area (Å²) < 4.78 is 0. The lowest BCUT2D eigenvalue weighted by Gasteiger charge is -2.13. The number of carbonyl (C=O) groups excluding carboxylic acids is 1. The minimum absolute atomic E-state index is 0.352. The molecule has 14 heavy (non-hydrogen) atoms. The highest BCUT2D eigenvalue weighted by Crippen LogP contribution is 2.02. The minimum atomic E-state index is -0.352. The Morgan fingerprint density at radius 2 is 2.14 bits per heavy atom. The molecular formula is C11H13NO2. The molecule has 0 aliphatic carbocycles. The molecule has 3 heteroatoms. The first-order chi connectivity index (χ1) is 6.74. The van der Waals surface area contributed by atoms with Crippen molar-refractivity contribution < 1.29 is 9.63 Å². The number of benzene rings is 1. The first kappa shape index (κ1) is 10.5. The lowest BCUT2D eigenvalue weighted by molar-refractivity contribution is -0.0823. The number of nitrogens with zero attached hydrogens (tertiary/aromatic N) is 1. The molecule has 0 N–H and O–H groups in total. The van der Waals surface area contributed by atoms with Gasteiger partial charge in [0, 0.05) is 7.05 Å². The number of carbonyl (C=O) groups is 1. The van der Waals surface area contributed by atoms with Gasteiger partial charge in [-0.1, -0.05) is 24.3 Å². The number of rotatable bonds is 4. The third-order valence-electron chi connectivity index (χ3n) is 1.63. The molecule has 0 aliphatic heterocycles. The Hall–Kier alpha value is -1.61. The van der Waals surface area contributed by atoms with Gasteiger partial charge in [-0.05, 0) is 12.1 Å². The van der Waals surface area contributed by atoms with Gasteiger partial charge in [0.1, 0.15) is 0 Å². The van der Waals surface area contributed by atoms with Gasteiger partial charge in [-0.15, -0.1) is 11.6 Å². The van der Waals surface area contributed by atoms with Crippen molar-refractivity contribution in [1.29, 1.82) is 0 Å². The average Bonchev–Trinajstić information content (AvgIpc) is 2.19. The van der Waals surface area contributed by atoms with Crippen molar-refractivity contribution in [2.24, 2.45) is 0 Å². The van der Waals surface area contributed by atoms with Crippen molar-refractivity contribution in [3.05, 3.63) is 48.6 Å². The summed E-state index contributed by atoms with van der Waals surface area (Å²) in [4.78, 5) is 16.4. The summed E-state index contributed by atoms with van der Waals surface area (Å²) in [6.45, 7) is 4.06. The highest BCUT2D eigenvalue weighted by molar-refractivity contribution is 5.89. The molecule has 1 aromatic carbocycles. The summed E-state index contributed by atoms with van der Waals surface area (Å²) in [5, 5.41) is 1.43. The fourth-order valence-electron chi connectivity index (χ4n) is 0.988. The molecule has 0 saturated carbocycles. The van der Waals surface area contributed by atoms with E-state index in [2.05, 4.69) is 6.58 Å². The van der Waals surface area contributed by atoms with Gasteiger partial charge in [-0.3, -0.25) is 0 Å². The highest BCUT2D eigenvalue weighted by atomic mass is 16.7. The Bertz CT molecular complexity index is 308. The Morgan fingerprint density at radius 3 is 2.71 bits per heavy atom. The normalized spacial score (nSPS) is 9.86. The van der Waals surface area contributed by atoms with Gasteiger partial charge in [-0.25, -0.2) is 4.79 Å². The van der Waals surface area contributed by atoms with E-state index in [1.807, 2.05) is 6.07 Å². The minimum Gasteiger partial charge on any atom is -0.364 e. The zero-order valence-corrected chi connectivity index (χ0v) is 8.14. The van der Waals surface area contributed by atoms with Crippen LogP contribution >= 0.6 is 0 Å². The summed E-state index contributed by atoms with van der Waals surface area (Å²) in [5.41, 5.74) is 0.545. The monoisotopic (exact) mass is 191 g/mol. The summed E-state index contributed by atoms with van der Waals surface area (Å²) in [6, 6.07) is 8.87. The molecule has 0 fully saturated rings. The van der Waals surface area contributed by atoms with Gasteiger partial charge >= 0.3 is 5.97 Å². The largest absolute Gasteiger partial charge is 0.364 e. The average molecular weight is 191 g/mol. The lowest BCUT2D eigenvalue weighted by Crippen LogP contribution is -2.23. The molecule has 0 radical (unpaired) electrons. The Balaban J connectivity index is 2.55. The molecule has 0 aromatic heterocycles. The molecular weight excluding hydrogens is 178 g/mol. The Kier molecular flexibility index (Phi) is 3.88. The third kappa shape index (κ3) is 3.03. The van der Waals surface area contributed by atoms with E-state index in [0.29, 0.717) is 12.1 Å². The topological polar surface area (TPSA) is 29.5 Å². The zero-order valence-electron chi connectivity index (χ0n) is 8.14. The van der Waals surface area contributed by atoms with Crippen molar-refractivity contribution in [2.75, 3.05) is 13.6 Å². The van der Waals surface area contributed by atoms with Crippen molar-refractivity contribution in [3.63, 3.8) is 0 Å². The lowest BCUT2D eigenvalue weighted by atomic mass is 10.2. The van der Waals surface area contributed by atoms with Crippen LogP contribution in [0.4, 0.5) is 0 Å². The summed E-state index contributed by atoms with van der Waals surface area (Å²) >= 11 is 0. The standard InChI is InChI=1S/C11H13NO2/c1-3-9-12(2)14-11(13)10-7-5-4-6-8-10/h3-8H,1,9H2,2H3. The summed E-state index contributed by atoms with van der Waals surface area (Å²) in [7, 11) is 1.68. The van der Waals surface area contributed by atoms with Gasteiger partial charge in [0.15, 0.2) is 0 Å².